The van der Waals surface area contributed by atoms with Gasteiger partial charge in [-0.1, -0.05) is 201 Å². The molecule has 12 aromatic carbocycles. The number of pyridine rings is 1. The molecule has 3 aliphatic heterocycles. The molecule has 0 saturated heterocycles. The summed E-state index contributed by atoms with van der Waals surface area (Å²) in [5, 5.41) is 1.92. The predicted octanol–water partition coefficient (Wildman–Crippen LogP) is 18.1. The summed E-state index contributed by atoms with van der Waals surface area (Å²) in [6.07, 6.45) is 5.37. The molecule has 0 radical (unpaired) electrons. The first-order valence-corrected chi connectivity index (χ1v) is 30.3. The number of fused-ring (bicyclic) bond motifs is 5. The van der Waals surface area contributed by atoms with Crippen molar-refractivity contribution in [3.63, 3.8) is 0 Å². The standard InChI is InChI=1S/C82H56BN7O.Pt/c1-82(2,3)56-47-48-84-75(49-56)90-72-51-62(91-61-36-21-35-60(50-61)85-53-86(67-40-20-19-39-66(67)85)80-63(54-25-9-4-10-26-54)37-22-38-64(80)55-27-11-5-12-28-55)45-46-65(72)76-73(90)52-74-79-81(76)89(59-33-17-8-18-34-59)71-44-24-42-69-78(71)83(79)77-68(87(69)57-29-13-6-14-30-57)41-23-43-70(77)88(74)58-31-15-7-16-32-58;/h4-49,52H,1-3H3;/q-2;/i4D,5D,9D,10D,11D,12D,25D,26D,27D,28D;. The molecule has 0 N–H and O–H groups in total. The zero-order valence-corrected chi connectivity index (χ0v) is 52.1. The van der Waals surface area contributed by atoms with Crippen LogP contribution in [0.4, 0.5) is 51.2 Å². The SMILES string of the molecule is [2H]c1c([2H])c([2H])c(-c2cccc(-c3c([2H])c([2H])c([2H])c([2H])c3[2H])c2-[n+]2[c-]n(-c3[c-]c(Oc4[c-]c5c(cc4)c4c6c7c(cc4n5-c4cc(C(C)(C)C)ccn4)N(c4ccccc4)c4cccc5c4B7c4c(cccc4N6c4ccccc4)N5c4ccccc4)ccc3)c3ccccc32)c([2H])c1[2H].[Pt]. The van der Waals surface area contributed by atoms with Crippen LogP contribution in [0.1, 0.15) is 40.0 Å². The minimum atomic E-state index is -0.582. The number of imidazole rings is 1. The Hall–Kier alpha value is -11.0. The molecule has 3 aliphatic rings. The molecule has 0 aliphatic carbocycles. The molecular formula is C82H56BN7OPt-2. The summed E-state index contributed by atoms with van der Waals surface area (Å²) < 4.78 is 101. The smallest absolute Gasteiger partial charge is 0.268 e. The zero-order chi connectivity index (χ0) is 69.2. The molecule has 0 amide bonds. The van der Waals surface area contributed by atoms with E-state index < -0.39 is 60.4 Å². The normalized spacial score (nSPS) is 14.3. The van der Waals surface area contributed by atoms with Crippen molar-refractivity contribution >= 4 is 107 Å². The van der Waals surface area contributed by atoms with Gasteiger partial charge >= 0.3 is 0 Å². The summed E-state index contributed by atoms with van der Waals surface area (Å²) in [6.45, 7) is 6.42. The number of hydrogen-bond donors (Lipinski definition) is 0. The Morgan fingerprint density at radius 1 is 0.500 bits per heavy atom. The number of ether oxygens (including phenoxy) is 1. The molecule has 0 fully saturated rings. The summed E-state index contributed by atoms with van der Waals surface area (Å²) in [7, 11) is 0. The Kier molecular flexibility index (Phi) is 10.6. The van der Waals surface area contributed by atoms with Crippen LogP contribution >= 0.6 is 0 Å². The maximum atomic E-state index is 9.20. The molecule has 15 aromatic rings. The maximum absolute atomic E-state index is 9.20. The van der Waals surface area contributed by atoms with Crippen molar-refractivity contribution in [2.75, 3.05) is 14.7 Å². The van der Waals surface area contributed by atoms with Gasteiger partial charge in [-0.05, 0) is 140 Å². The Morgan fingerprint density at radius 3 is 1.66 bits per heavy atom. The van der Waals surface area contributed by atoms with Crippen molar-refractivity contribution in [3.05, 3.63) is 309 Å². The van der Waals surface area contributed by atoms with Gasteiger partial charge in [-0.25, -0.2) is 4.98 Å². The van der Waals surface area contributed by atoms with Gasteiger partial charge in [0.1, 0.15) is 5.82 Å². The van der Waals surface area contributed by atoms with Crippen molar-refractivity contribution < 1.29 is 44.1 Å². The number of para-hydroxylation sites is 6. The molecule has 3 aromatic heterocycles. The predicted molar refractivity (Wildman–Crippen MR) is 372 cm³/mol. The molecule has 0 bridgehead atoms. The first-order valence-electron chi connectivity index (χ1n) is 35.3. The van der Waals surface area contributed by atoms with Crippen molar-refractivity contribution in [3.8, 4) is 50.9 Å². The summed E-state index contributed by atoms with van der Waals surface area (Å²) in [5.41, 5.74) is 17.3. The second-order valence-corrected chi connectivity index (χ2v) is 24.0. The van der Waals surface area contributed by atoms with E-state index >= 15 is 0 Å². The quantitative estimate of drug-likeness (QED) is 0.0776. The molecule has 18 rings (SSSR count). The molecule has 0 unspecified atom stereocenters. The van der Waals surface area contributed by atoms with Crippen molar-refractivity contribution in [1.29, 1.82) is 0 Å². The Bertz CT molecular complexity index is 5890. The summed E-state index contributed by atoms with van der Waals surface area (Å²) in [4.78, 5) is 12.6. The van der Waals surface area contributed by atoms with E-state index in [2.05, 4.69) is 210 Å². The molecule has 10 heteroatoms. The van der Waals surface area contributed by atoms with E-state index in [-0.39, 0.29) is 61.1 Å². The van der Waals surface area contributed by atoms with Gasteiger partial charge in [0.05, 0.1) is 30.4 Å². The molecule has 0 spiro atoms. The molecule has 6 heterocycles. The molecule has 440 valence electrons. The third-order valence-corrected chi connectivity index (χ3v) is 17.8. The molecule has 0 saturated carbocycles. The molecular weight excluding hydrogens is 1300 g/mol. The second-order valence-electron chi connectivity index (χ2n) is 24.0. The summed E-state index contributed by atoms with van der Waals surface area (Å²) in [6, 6.07) is 75.6. The number of benzene rings is 12. The van der Waals surface area contributed by atoms with E-state index in [9.17, 15) is 5.48 Å². The fourth-order valence-corrected chi connectivity index (χ4v) is 14.0. The Labute approximate surface area is 563 Å². The maximum Gasteiger partial charge on any atom is 0.268 e. The van der Waals surface area contributed by atoms with Gasteiger partial charge in [0.15, 0.2) is 0 Å². The minimum absolute atomic E-state index is 0. The van der Waals surface area contributed by atoms with Crippen LogP contribution in [0, 0.1) is 18.5 Å². The monoisotopic (exact) mass is 1370 g/mol. The first kappa shape index (κ1) is 45.3. The van der Waals surface area contributed by atoms with Crippen LogP contribution in [-0.4, -0.2) is 20.8 Å². The van der Waals surface area contributed by atoms with Crippen LogP contribution < -0.4 is 40.4 Å². The number of hydrogen-bond acceptors (Lipinski definition) is 5. The van der Waals surface area contributed by atoms with Crippen LogP contribution in [0.5, 0.6) is 11.5 Å². The number of aromatic nitrogens is 4. The van der Waals surface area contributed by atoms with Crippen LogP contribution in [0.3, 0.4) is 0 Å². The summed E-state index contributed by atoms with van der Waals surface area (Å²) in [5.74, 6) is 1.41. The fraction of sp³-hybridized carbons (Fsp3) is 0.0488. The average molecular weight is 1370 g/mol. The summed E-state index contributed by atoms with van der Waals surface area (Å²) >= 11 is 0. The van der Waals surface area contributed by atoms with E-state index in [0.717, 1.165) is 78.6 Å². The number of nitrogens with zero attached hydrogens (tertiary/aromatic N) is 7. The zero-order valence-electron chi connectivity index (χ0n) is 59.8. The van der Waals surface area contributed by atoms with Gasteiger partial charge in [0, 0.05) is 95.5 Å². The van der Waals surface area contributed by atoms with Gasteiger partial charge in [0.2, 0.25) is 0 Å². The molecule has 8 nitrogen and oxygen atoms in total. The van der Waals surface area contributed by atoms with Crippen molar-refractivity contribution in [2.45, 2.75) is 26.2 Å². The van der Waals surface area contributed by atoms with Crippen LogP contribution in [0.25, 0.3) is 72.3 Å². The van der Waals surface area contributed by atoms with Crippen molar-refractivity contribution in [1.82, 2.24) is 14.1 Å². The van der Waals surface area contributed by atoms with E-state index in [4.69, 9.17) is 17.9 Å². The third-order valence-electron chi connectivity index (χ3n) is 17.8. The van der Waals surface area contributed by atoms with Gasteiger partial charge < -0.3 is 28.6 Å². The fourth-order valence-electron chi connectivity index (χ4n) is 14.0. The van der Waals surface area contributed by atoms with Crippen molar-refractivity contribution in [2.24, 2.45) is 0 Å². The number of rotatable bonds is 10. The largest absolute Gasteiger partial charge is 0.510 e. The van der Waals surface area contributed by atoms with Crippen LogP contribution in [0.15, 0.2) is 285 Å². The second kappa shape index (κ2) is 21.6. The minimum Gasteiger partial charge on any atom is -0.510 e. The van der Waals surface area contributed by atoms with E-state index in [1.165, 1.54) is 16.4 Å². The van der Waals surface area contributed by atoms with Gasteiger partial charge in [-0.3, -0.25) is 4.57 Å². The first-order chi connectivity index (χ1) is 49.0. The number of anilines is 9. The van der Waals surface area contributed by atoms with Gasteiger partial charge in [-0.15, -0.1) is 24.3 Å². The van der Waals surface area contributed by atoms with Gasteiger partial charge in [0.25, 0.3) is 13.0 Å². The van der Waals surface area contributed by atoms with Crippen LogP contribution in [-0.2, 0) is 26.5 Å². The van der Waals surface area contributed by atoms with E-state index in [1.807, 2.05) is 54.7 Å². The molecule has 0 atom stereocenters. The molecule has 92 heavy (non-hydrogen) atoms. The topological polar surface area (TPSA) is 45.6 Å². The van der Waals surface area contributed by atoms with E-state index in [0.29, 0.717) is 34.0 Å². The third kappa shape index (κ3) is 8.56. The van der Waals surface area contributed by atoms with Gasteiger partial charge in [-0.2, -0.15) is 18.2 Å². The average Bonchev–Trinajstić information content (AvgIpc) is 1.20. The Morgan fingerprint density at radius 2 is 1.04 bits per heavy atom. The Balaban J connectivity index is 0.00000774. The van der Waals surface area contributed by atoms with E-state index in [1.54, 1.807) is 27.3 Å². The van der Waals surface area contributed by atoms with Crippen LogP contribution in [0.2, 0.25) is 0 Å².